The smallest absolute Gasteiger partial charge is 0.251 e. The molecule has 1 aromatic carbocycles. The summed E-state index contributed by atoms with van der Waals surface area (Å²) in [5.74, 6) is 0.215. The normalized spacial score (nSPS) is 16.9. The van der Waals surface area contributed by atoms with Gasteiger partial charge in [-0.3, -0.25) is 19.6 Å². The van der Waals surface area contributed by atoms with Gasteiger partial charge >= 0.3 is 0 Å². The lowest BCUT2D eigenvalue weighted by Gasteiger charge is -2.38. The topological polar surface area (TPSA) is 78.4 Å². The fourth-order valence-corrected chi connectivity index (χ4v) is 5.49. The second-order valence-corrected chi connectivity index (χ2v) is 9.92. The number of aromatic nitrogens is 2. The second-order valence-electron chi connectivity index (χ2n) is 9.92. The predicted octanol–water partition coefficient (Wildman–Crippen LogP) is 5.12. The molecule has 0 saturated carbocycles. The van der Waals surface area contributed by atoms with Crippen molar-refractivity contribution in [2.24, 2.45) is 5.41 Å². The largest absolute Gasteiger partial charge is 0.345 e. The minimum atomic E-state index is -0.215. The molecule has 0 radical (unpaired) electrons. The monoisotopic (exact) mass is 591 g/mol. The Hall–Kier alpha value is -2.71. The van der Waals surface area contributed by atoms with Crippen molar-refractivity contribution in [3.05, 3.63) is 96.1 Å². The molecule has 1 N–H and O–H groups in total. The van der Waals surface area contributed by atoms with Crippen LogP contribution in [0.1, 0.15) is 53.2 Å². The number of hydrogen-bond acceptors (Lipinski definition) is 5. The zero-order valence-electron chi connectivity index (χ0n) is 21.8. The van der Waals surface area contributed by atoms with E-state index >= 15 is 0 Å². The SMILES string of the molecule is Cl.Cl.Cl.O=C(NC(CCN1CCC2(CC1)CCN(Cc1cccnc1)C2=O)c1ccccc1)c1ccncc1. The van der Waals surface area contributed by atoms with Crippen LogP contribution in [0, 0.1) is 5.41 Å². The average molecular weight is 593 g/mol. The van der Waals surface area contributed by atoms with E-state index in [0.29, 0.717) is 18.0 Å². The summed E-state index contributed by atoms with van der Waals surface area (Å²) in [4.78, 5) is 38.8. The molecule has 10 heteroatoms. The highest BCUT2D eigenvalue weighted by Crippen LogP contribution is 2.42. The number of nitrogens with one attached hydrogen (secondary N) is 1. The zero-order valence-corrected chi connectivity index (χ0v) is 24.2. The van der Waals surface area contributed by atoms with Gasteiger partial charge in [-0.05, 0) is 68.1 Å². The quantitative estimate of drug-likeness (QED) is 0.393. The number of amides is 2. The van der Waals surface area contributed by atoms with Crippen LogP contribution in [-0.2, 0) is 11.3 Å². The molecular weight excluding hydrogens is 557 g/mol. The summed E-state index contributed by atoms with van der Waals surface area (Å²) in [5, 5.41) is 3.21. The summed E-state index contributed by atoms with van der Waals surface area (Å²) >= 11 is 0. The summed E-state index contributed by atoms with van der Waals surface area (Å²) in [6.07, 6.45) is 10.4. The van der Waals surface area contributed by atoms with E-state index in [1.54, 1.807) is 30.7 Å². The average Bonchev–Trinajstić information content (AvgIpc) is 3.23. The van der Waals surface area contributed by atoms with Crippen molar-refractivity contribution in [2.45, 2.75) is 38.3 Å². The van der Waals surface area contributed by atoms with E-state index in [1.165, 1.54) is 0 Å². The Morgan fingerprint density at radius 2 is 1.56 bits per heavy atom. The minimum absolute atomic E-state index is 0. The Morgan fingerprint density at radius 3 is 2.23 bits per heavy atom. The number of piperidine rings is 1. The second kappa shape index (κ2) is 15.2. The lowest BCUT2D eigenvalue weighted by molar-refractivity contribution is -0.138. The first-order chi connectivity index (χ1) is 17.6. The van der Waals surface area contributed by atoms with Gasteiger partial charge in [-0.1, -0.05) is 36.4 Å². The van der Waals surface area contributed by atoms with Crippen LogP contribution in [0.15, 0.2) is 79.4 Å². The summed E-state index contributed by atoms with van der Waals surface area (Å²) in [6, 6.07) is 17.5. The summed E-state index contributed by atoms with van der Waals surface area (Å²) in [5.41, 5.74) is 2.58. The Morgan fingerprint density at radius 1 is 0.872 bits per heavy atom. The van der Waals surface area contributed by atoms with Gasteiger partial charge < -0.3 is 15.1 Å². The van der Waals surface area contributed by atoms with Crippen LogP contribution in [0.5, 0.6) is 0 Å². The maximum atomic E-state index is 13.3. The lowest BCUT2D eigenvalue weighted by atomic mass is 9.77. The van der Waals surface area contributed by atoms with E-state index in [9.17, 15) is 9.59 Å². The van der Waals surface area contributed by atoms with Crippen LogP contribution in [0.4, 0.5) is 0 Å². The first-order valence-corrected chi connectivity index (χ1v) is 12.8. The van der Waals surface area contributed by atoms with Crippen LogP contribution in [0.3, 0.4) is 0 Å². The fraction of sp³-hybridized carbons (Fsp3) is 0.379. The molecule has 0 aliphatic carbocycles. The molecule has 2 aromatic heterocycles. The first-order valence-electron chi connectivity index (χ1n) is 12.8. The van der Waals surface area contributed by atoms with Gasteiger partial charge in [0.25, 0.3) is 5.91 Å². The molecule has 5 rings (SSSR count). The Balaban J connectivity index is 0.00000178. The number of rotatable bonds is 8. The molecule has 0 bridgehead atoms. The first kappa shape index (κ1) is 32.5. The van der Waals surface area contributed by atoms with Gasteiger partial charge in [0, 0.05) is 50.0 Å². The summed E-state index contributed by atoms with van der Waals surface area (Å²) < 4.78 is 0. The van der Waals surface area contributed by atoms with Crippen molar-refractivity contribution < 1.29 is 9.59 Å². The van der Waals surface area contributed by atoms with Crippen molar-refractivity contribution in [1.82, 2.24) is 25.1 Å². The Bertz CT molecular complexity index is 1160. The van der Waals surface area contributed by atoms with Crippen LogP contribution in [0.2, 0.25) is 0 Å². The van der Waals surface area contributed by atoms with Crippen LogP contribution < -0.4 is 5.32 Å². The highest BCUT2D eigenvalue weighted by atomic mass is 35.5. The molecule has 2 amide bonds. The van der Waals surface area contributed by atoms with Crippen LogP contribution >= 0.6 is 37.2 Å². The van der Waals surface area contributed by atoms with Gasteiger partial charge in [-0.25, -0.2) is 0 Å². The van der Waals surface area contributed by atoms with Crippen molar-refractivity contribution in [1.29, 1.82) is 0 Å². The molecule has 39 heavy (non-hydrogen) atoms. The minimum Gasteiger partial charge on any atom is -0.345 e. The highest BCUT2D eigenvalue weighted by molar-refractivity contribution is 5.94. The molecule has 1 unspecified atom stereocenters. The Labute approximate surface area is 249 Å². The van der Waals surface area contributed by atoms with Gasteiger partial charge in [-0.2, -0.15) is 0 Å². The molecule has 2 fully saturated rings. The van der Waals surface area contributed by atoms with E-state index in [4.69, 9.17) is 0 Å². The number of likely N-dealkylation sites (tertiary alicyclic amines) is 2. The van der Waals surface area contributed by atoms with Crippen molar-refractivity contribution in [3.8, 4) is 0 Å². The molecule has 1 atom stereocenters. The van der Waals surface area contributed by atoms with Crippen LogP contribution in [0.25, 0.3) is 0 Å². The third-order valence-corrected chi connectivity index (χ3v) is 7.69. The Kier molecular flexibility index (Phi) is 12.6. The molecule has 7 nitrogen and oxygen atoms in total. The van der Waals surface area contributed by atoms with E-state index in [-0.39, 0.29) is 54.6 Å². The molecule has 1 spiro atoms. The molecular formula is C29H36Cl3N5O2. The summed E-state index contributed by atoms with van der Waals surface area (Å²) in [6.45, 7) is 4.16. The number of halogens is 3. The van der Waals surface area contributed by atoms with E-state index in [2.05, 4.69) is 32.3 Å². The third-order valence-electron chi connectivity index (χ3n) is 7.69. The molecule has 2 saturated heterocycles. The number of nitrogens with zero attached hydrogens (tertiary/aromatic N) is 4. The van der Waals surface area contributed by atoms with Gasteiger partial charge in [0.05, 0.1) is 11.5 Å². The maximum Gasteiger partial charge on any atom is 0.251 e. The standard InChI is InChI=1S/C29H33N5O2.3ClH/c35-27(25-8-15-30-16-9-25)32-26(24-6-2-1-3-7-24)10-17-33-18-11-29(12-19-33)13-20-34(28(29)36)22-23-5-4-14-31-21-23;;;/h1-9,14-16,21,26H,10-13,17-20,22H2,(H,32,35);3*1H. The number of carbonyl (C=O) groups is 2. The van der Waals surface area contributed by atoms with Gasteiger partial charge in [-0.15, -0.1) is 37.2 Å². The summed E-state index contributed by atoms with van der Waals surface area (Å²) in [7, 11) is 0. The highest BCUT2D eigenvalue weighted by Gasteiger charge is 2.47. The third kappa shape index (κ3) is 7.92. The molecule has 4 heterocycles. The van der Waals surface area contributed by atoms with Gasteiger partial charge in [0.15, 0.2) is 0 Å². The molecule has 2 aliphatic heterocycles. The molecule has 3 aromatic rings. The lowest BCUT2D eigenvalue weighted by Crippen LogP contribution is -2.45. The van der Waals surface area contributed by atoms with Crippen molar-refractivity contribution in [2.75, 3.05) is 26.2 Å². The number of carbonyl (C=O) groups excluding carboxylic acids is 2. The van der Waals surface area contributed by atoms with Crippen LogP contribution in [-0.4, -0.2) is 57.8 Å². The van der Waals surface area contributed by atoms with Crippen molar-refractivity contribution in [3.63, 3.8) is 0 Å². The maximum absolute atomic E-state index is 13.3. The van der Waals surface area contributed by atoms with E-state index < -0.39 is 0 Å². The molecule has 210 valence electrons. The fourth-order valence-electron chi connectivity index (χ4n) is 5.49. The van der Waals surface area contributed by atoms with Gasteiger partial charge in [0.1, 0.15) is 0 Å². The van der Waals surface area contributed by atoms with E-state index in [0.717, 1.165) is 63.0 Å². The van der Waals surface area contributed by atoms with E-state index in [1.807, 2.05) is 41.4 Å². The number of hydrogen-bond donors (Lipinski definition) is 1. The van der Waals surface area contributed by atoms with Crippen molar-refractivity contribution >= 4 is 49.0 Å². The van der Waals surface area contributed by atoms with Gasteiger partial charge in [0.2, 0.25) is 5.91 Å². The predicted molar refractivity (Wildman–Crippen MR) is 160 cm³/mol. The molecule has 2 aliphatic rings. The number of benzene rings is 1. The number of pyridine rings is 2. The zero-order chi connectivity index (χ0) is 24.8.